The van der Waals surface area contributed by atoms with E-state index in [1.54, 1.807) is 4.90 Å². The molecule has 0 aliphatic carbocycles. The number of carbonyl (C=O) groups excluding carboxylic acids is 2. The average Bonchev–Trinajstić information content (AvgIpc) is 2.41. The molecule has 0 unspecified atom stereocenters. The van der Waals surface area contributed by atoms with Crippen molar-refractivity contribution in [1.82, 2.24) is 9.80 Å². The summed E-state index contributed by atoms with van der Waals surface area (Å²) in [5, 5.41) is 0. The summed E-state index contributed by atoms with van der Waals surface area (Å²) in [6.45, 7) is 3.09. The Balaban J connectivity index is 2.41. The number of carbonyl (C=O) groups is 2. The maximum Gasteiger partial charge on any atom is 0.237 e. The molecule has 1 heterocycles. The Morgan fingerprint density at radius 3 is 2.53 bits per heavy atom. The molecule has 6 heteroatoms. The minimum atomic E-state index is -0.327. The quantitative estimate of drug-likeness (QED) is 0.652. The van der Waals surface area contributed by atoms with Gasteiger partial charge in [0, 0.05) is 26.2 Å². The van der Waals surface area contributed by atoms with Crippen molar-refractivity contribution >= 4 is 23.4 Å². The number of amides is 2. The largest absolute Gasteiger partial charge is 0.369 e. The normalized spacial score (nSPS) is 18.6. The highest BCUT2D eigenvalue weighted by atomic mass is 35.5. The van der Waals surface area contributed by atoms with Crippen LogP contribution in [0, 0.1) is 0 Å². The topological polar surface area (TPSA) is 66.6 Å². The van der Waals surface area contributed by atoms with Gasteiger partial charge in [0.15, 0.2) is 0 Å². The van der Waals surface area contributed by atoms with Crippen molar-refractivity contribution in [1.29, 1.82) is 0 Å². The summed E-state index contributed by atoms with van der Waals surface area (Å²) >= 11 is 5.48. The lowest BCUT2D eigenvalue weighted by Gasteiger charge is -2.20. The summed E-state index contributed by atoms with van der Waals surface area (Å²) in [7, 11) is 0. The summed E-state index contributed by atoms with van der Waals surface area (Å²) in [4.78, 5) is 25.8. The van der Waals surface area contributed by atoms with E-state index in [0.29, 0.717) is 19.6 Å². The molecule has 15 heavy (non-hydrogen) atoms. The molecule has 0 atom stereocenters. The van der Waals surface area contributed by atoms with Crippen molar-refractivity contribution in [3.63, 3.8) is 0 Å². The van der Waals surface area contributed by atoms with Gasteiger partial charge in [0.05, 0.1) is 6.54 Å². The van der Waals surface area contributed by atoms with Gasteiger partial charge < -0.3 is 10.6 Å². The van der Waals surface area contributed by atoms with Crippen molar-refractivity contribution in [3.05, 3.63) is 0 Å². The summed E-state index contributed by atoms with van der Waals surface area (Å²) in [5.41, 5.74) is 5.11. The predicted octanol–water partition coefficient (Wildman–Crippen LogP) is -0.755. The van der Waals surface area contributed by atoms with Crippen molar-refractivity contribution in [2.75, 3.05) is 38.6 Å². The second-order valence-electron chi connectivity index (χ2n) is 3.61. The standard InChI is InChI=1S/C9H16ClN3O2/c10-6-9(15)13-3-1-2-12(4-5-13)7-8(11)14/h1-7H2,(H2,11,14). The number of primary amides is 1. The first-order valence-corrected chi connectivity index (χ1v) is 5.51. The summed E-state index contributed by atoms with van der Waals surface area (Å²) in [5.74, 6) is -0.347. The molecule has 0 aromatic rings. The zero-order chi connectivity index (χ0) is 11.3. The Morgan fingerprint density at radius 2 is 1.93 bits per heavy atom. The van der Waals surface area contributed by atoms with Crippen LogP contribution in [0.2, 0.25) is 0 Å². The van der Waals surface area contributed by atoms with Gasteiger partial charge in [-0.05, 0) is 6.42 Å². The van der Waals surface area contributed by atoms with E-state index < -0.39 is 0 Å². The van der Waals surface area contributed by atoms with E-state index in [9.17, 15) is 9.59 Å². The molecule has 86 valence electrons. The van der Waals surface area contributed by atoms with Gasteiger partial charge in [0.25, 0.3) is 0 Å². The fraction of sp³-hybridized carbons (Fsp3) is 0.778. The lowest BCUT2D eigenvalue weighted by molar-refractivity contribution is -0.128. The van der Waals surface area contributed by atoms with Gasteiger partial charge in [-0.2, -0.15) is 0 Å². The Kier molecular flexibility index (Phi) is 4.84. The Bertz CT molecular complexity index is 248. The van der Waals surface area contributed by atoms with Crippen LogP contribution in [0.4, 0.5) is 0 Å². The lowest BCUT2D eigenvalue weighted by atomic mass is 10.4. The van der Waals surface area contributed by atoms with Crippen LogP contribution in [0.15, 0.2) is 0 Å². The van der Waals surface area contributed by atoms with Crippen LogP contribution in [0.1, 0.15) is 6.42 Å². The molecule has 0 bridgehead atoms. The van der Waals surface area contributed by atoms with E-state index in [0.717, 1.165) is 13.0 Å². The highest BCUT2D eigenvalue weighted by Crippen LogP contribution is 2.03. The molecule has 1 saturated heterocycles. The van der Waals surface area contributed by atoms with Crippen LogP contribution in [0.3, 0.4) is 0 Å². The van der Waals surface area contributed by atoms with Crippen LogP contribution in [0.25, 0.3) is 0 Å². The second-order valence-corrected chi connectivity index (χ2v) is 3.88. The maximum atomic E-state index is 11.3. The maximum absolute atomic E-state index is 11.3. The second kappa shape index (κ2) is 5.92. The average molecular weight is 234 g/mol. The van der Waals surface area contributed by atoms with Gasteiger partial charge in [-0.15, -0.1) is 11.6 Å². The third-order valence-corrected chi connectivity index (χ3v) is 2.66. The smallest absolute Gasteiger partial charge is 0.237 e. The molecule has 2 N–H and O–H groups in total. The van der Waals surface area contributed by atoms with Crippen LogP contribution >= 0.6 is 11.6 Å². The molecule has 1 aliphatic heterocycles. The Morgan fingerprint density at radius 1 is 1.20 bits per heavy atom. The minimum Gasteiger partial charge on any atom is -0.369 e. The van der Waals surface area contributed by atoms with E-state index in [4.69, 9.17) is 17.3 Å². The fourth-order valence-corrected chi connectivity index (χ4v) is 1.85. The van der Waals surface area contributed by atoms with E-state index in [-0.39, 0.29) is 24.2 Å². The number of alkyl halides is 1. The Hall–Kier alpha value is -0.810. The van der Waals surface area contributed by atoms with Crippen LogP contribution in [0.5, 0.6) is 0 Å². The zero-order valence-corrected chi connectivity index (χ0v) is 9.37. The highest BCUT2D eigenvalue weighted by molar-refractivity contribution is 6.27. The van der Waals surface area contributed by atoms with Crippen molar-refractivity contribution in [2.45, 2.75) is 6.42 Å². The van der Waals surface area contributed by atoms with Crippen LogP contribution in [-0.2, 0) is 9.59 Å². The lowest BCUT2D eigenvalue weighted by Crippen LogP contribution is -2.38. The summed E-state index contributed by atoms with van der Waals surface area (Å²) < 4.78 is 0. The molecule has 0 aromatic heterocycles. The van der Waals surface area contributed by atoms with Gasteiger partial charge in [0.1, 0.15) is 5.88 Å². The van der Waals surface area contributed by atoms with Crippen LogP contribution in [-0.4, -0.2) is 60.2 Å². The minimum absolute atomic E-state index is 0.0236. The first-order chi connectivity index (χ1) is 7.13. The predicted molar refractivity (Wildman–Crippen MR) is 57.6 cm³/mol. The molecule has 5 nitrogen and oxygen atoms in total. The molecule has 1 fully saturated rings. The number of nitrogens with two attached hydrogens (primary N) is 1. The van der Waals surface area contributed by atoms with Gasteiger partial charge >= 0.3 is 0 Å². The molecule has 0 radical (unpaired) electrons. The van der Waals surface area contributed by atoms with Crippen molar-refractivity contribution in [2.24, 2.45) is 5.73 Å². The van der Waals surface area contributed by atoms with E-state index in [2.05, 4.69) is 0 Å². The van der Waals surface area contributed by atoms with Gasteiger partial charge in [-0.1, -0.05) is 0 Å². The first-order valence-electron chi connectivity index (χ1n) is 4.98. The number of nitrogens with zero attached hydrogens (tertiary/aromatic N) is 2. The third kappa shape index (κ3) is 4.05. The molecule has 0 aromatic carbocycles. The molecule has 0 saturated carbocycles. The van der Waals surface area contributed by atoms with Crippen molar-refractivity contribution < 1.29 is 9.59 Å². The number of halogens is 1. The summed E-state index contributed by atoms with van der Waals surface area (Å²) in [6, 6.07) is 0. The third-order valence-electron chi connectivity index (χ3n) is 2.43. The molecule has 2 amide bonds. The fourth-order valence-electron chi connectivity index (χ4n) is 1.68. The van der Waals surface area contributed by atoms with Gasteiger partial charge in [-0.3, -0.25) is 14.5 Å². The van der Waals surface area contributed by atoms with E-state index in [1.165, 1.54) is 0 Å². The molecular weight excluding hydrogens is 218 g/mol. The van der Waals surface area contributed by atoms with Crippen molar-refractivity contribution in [3.8, 4) is 0 Å². The van der Waals surface area contributed by atoms with Gasteiger partial charge in [0.2, 0.25) is 11.8 Å². The Labute approximate surface area is 94.1 Å². The first kappa shape index (κ1) is 12.3. The monoisotopic (exact) mass is 233 g/mol. The molecule has 1 aliphatic rings. The van der Waals surface area contributed by atoms with Gasteiger partial charge in [-0.25, -0.2) is 0 Å². The van der Waals surface area contributed by atoms with Crippen LogP contribution < -0.4 is 5.73 Å². The number of hydrogen-bond donors (Lipinski definition) is 1. The molecule has 1 rings (SSSR count). The zero-order valence-electron chi connectivity index (χ0n) is 8.62. The van der Waals surface area contributed by atoms with E-state index >= 15 is 0 Å². The highest BCUT2D eigenvalue weighted by Gasteiger charge is 2.18. The molecule has 0 spiro atoms. The van der Waals surface area contributed by atoms with E-state index in [1.807, 2.05) is 4.90 Å². The molecular formula is C9H16ClN3O2. The SMILES string of the molecule is NC(=O)CN1CCCN(C(=O)CCl)CC1. The number of hydrogen-bond acceptors (Lipinski definition) is 3. The number of rotatable bonds is 3. The summed E-state index contributed by atoms with van der Waals surface area (Å²) in [6.07, 6.45) is 0.857.